The maximum Gasteiger partial charge on any atom is 0.100 e. The Kier molecular flexibility index (Phi) is 27.2. The summed E-state index contributed by atoms with van der Waals surface area (Å²) in [4.78, 5) is 0. The zero-order valence-electron chi connectivity index (χ0n) is 18.1. The van der Waals surface area contributed by atoms with Gasteiger partial charge in [0, 0.05) is 13.2 Å². The Bertz CT molecular complexity index is 359. The summed E-state index contributed by atoms with van der Waals surface area (Å²) >= 11 is 0. The zero-order chi connectivity index (χ0) is 21.3. The summed E-state index contributed by atoms with van der Waals surface area (Å²) in [5.41, 5.74) is 1.24. The second-order valence-corrected chi connectivity index (χ2v) is 6.69. The average molecular weight is 401 g/mol. The van der Waals surface area contributed by atoms with Crippen molar-refractivity contribution in [2.24, 2.45) is 0 Å². The molecule has 5 heteroatoms. The highest BCUT2D eigenvalue weighted by Gasteiger charge is 1.94. The van der Waals surface area contributed by atoms with E-state index in [1.54, 1.807) is 0 Å². The summed E-state index contributed by atoms with van der Waals surface area (Å²) < 4.78 is 5.22. The van der Waals surface area contributed by atoms with Crippen LogP contribution in [0.1, 0.15) is 77.2 Å². The summed E-state index contributed by atoms with van der Waals surface area (Å²) in [6.07, 6.45) is 10.9. The number of aliphatic hydroxyl groups is 4. The fraction of sp³-hybridized carbons (Fsp3) is 0.739. The van der Waals surface area contributed by atoms with Crippen LogP contribution >= 0.6 is 0 Å². The maximum atomic E-state index is 8.54. The van der Waals surface area contributed by atoms with E-state index in [-0.39, 0.29) is 13.2 Å². The van der Waals surface area contributed by atoms with Crippen molar-refractivity contribution in [3.05, 3.63) is 35.9 Å². The van der Waals surface area contributed by atoms with Crippen molar-refractivity contribution in [2.75, 3.05) is 26.4 Å². The van der Waals surface area contributed by atoms with Gasteiger partial charge in [-0.05, 0) is 18.9 Å². The Morgan fingerprint density at radius 1 is 0.750 bits per heavy atom. The molecule has 166 valence electrons. The first kappa shape index (κ1) is 29.2. The van der Waals surface area contributed by atoms with Crippen LogP contribution in [0.5, 0.6) is 0 Å². The van der Waals surface area contributed by atoms with Gasteiger partial charge in [-0.2, -0.15) is 0 Å². The molecule has 0 radical (unpaired) electrons. The summed E-state index contributed by atoms with van der Waals surface area (Å²) in [5.74, 6) is 0. The van der Waals surface area contributed by atoms with Crippen molar-refractivity contribution in [3.8, 4) is 0 Å². The van der Waals surface area contributed by atoms with Gasteiger partial charge >= 0.3 is 0 Å². The summed E-state index contributed by atoms with van der Waals surface area (Å²) in [5, 5.41) is 32.6. The van der Waals surface area contributed by atoms with E-state index in [1.165, 1.54) is 56.9 Å². The first-order valence-electron chi connectivity index (χ1n) is 10.8. The lowest BCUT2D eigenvalue weighted by atomic mass is 10.1. The van der Waals surface area contributed by atoms with Crippen molar-refractivity contribution >= 4 is 0 Å². The molecule has 1 aromatic rings. The van der Waals surface area contributed by atoms with Gasteiger partial charge < -0.3 is 25.2 Å². The van der Waals surface area contributed by atoms with Crippen molar-refractivity contribution in [1.82, 2.24) is 0 Å². The van der Waals surface area contributed by atoms with Gasteiger partial charge in [-0.3, -0.25) is 0 Å². The van der Waals surface area contributed by atoms with E-state index < -0.39 is 6.10 Å². The predicted molar refractivity (Wildman–Crippen MR) is 116 cm³/mol. The molecule has 0 aliphatic carbocycles. The molecule has 0 atom stereocenters. The highest BCUT2D eigenvalue weighted by Crippen LogP contribution is 2.08. The van der Waals surface area contributed by atoms with Crippen LogP contribution in [0.3, 0.4) is 0 Å². The standard InChI is InChI=1S/C11H24O.C9H12O.C3H8O3/c1-2-3-4-5-6-7-8-9-10-11-12;1-2-10-8-9-6-4-3-5-7-9;4-1-3(6)2-5/h12H,2-11H2,1H3;3-7H,2,8H2,1H3;3-6H,1-2H2. The Balaban J connectivity index is 0. The molecule has 4 N–H and O–H groups in total. The molecule has 0 aliphatic heterocycles. The van der Waals surface area contributed by atoms with Gasteiger partial charge in [0.05, 0.1) is 19.8 Å². The topological polar surface area (TPSA) is 90.2 Å². The van der Waals surface area contributed by atoms with Gasteiger partial charge in [0.25, 0.3) is 0 Å². The van der Waals surface area contributed by atoms with Crippen LogP contribution in [0.4, 0.5) is 0 Å². The molecule has 0 aliphatic rings. The molecular weight excluding hydrogens is 356 g/mol. The minimum atomic E-state index is -0.954. The number of hydrogen-bond acceptors (Lipinski definition) is 5. The van der Waals surface area contributed by atoms with E-state index in [0.29, 0.717) is 6.61 Å². The van der Waals surface area contributed by atoms with Crippen LogP contribution in [0.15, 0.2) is 30.3 Å². The monoisotopic (exact) mass is 400 g/mol. The van der Waals surface area contributed by atoms with Crippen molar-refractivity contribution in [3.63, 3.8) is 0 Å². The Hall–Kier alpha value is -0.980. The summed E-state index contributed by atoms with van der Waals surface area (Å²) in [6, 6.07) is 10.2. The van der Waals surface area contributed by atoms with Gasteiger partial charge in [0.2, 0.25) is 0 Å². The highest BCUT2D eigenvalue weighted by molar-refractivity contribution is 5.13. The second-order valence-electron chi connectivity index (χ2n) is 6.69. The van der Waals surface area contributed by atoms with Gasteiger partial charge in [-0.15, -0.1) is 0 Å². The van der Waals surface area contributed by atoms with E-state index in [0.717, 1.165) is 19.6 Å². The third kappa shape index (κ3) is 25.0. The van der Waals surface area contributed by atoms with Gasteiger partial charge in [0.15, 0.2) is 0 Å². The summed E-state index contributed by atoms with van der Waals surface area (Å²) in [6.45, 7) is 5.42. The molecule has 0 unspecified atom stereocenters. The zero-order valence-corrected chi connectivity index (χ0v) is 18.1. The number of hydrogen-bond donors (Lipinski definition) is 4. The van der Waals surface area contributed by atoms with Gasteiger partial charge in [-0.25, -0.2) is 0 Å². The number of ether oxygens (including phenoxy) is 1. The average Bonchev–Trinajstić information content (AvgIpc) is 2.75. The lowest BCUT2D eigenvalue weighted by molar-refractivity contribution is 0.0450. The van der Waals surface area contributed by atoms with E-state index in [9.17, 15) is 0 Å². The molecule has 0 fully saturated rings. The largest absolute Gasteiger partial charge is 0.396 e. The number of benzene rings is 1. The fourth-order valence-corrected chi connectivity index (χ4v) is 2.27. The minimum absolute atomic E-state index is 0.365. The first-order chi connectivity index (χ1) is 13.7. The molecule has 1 rings (SSSR count). The summed E-state index contributed by atoms with van der Waals surface area (Å²) in [7, 11) is 0. The molecule has 0 aromatic heterocycles. The normalized spacial score (nSPS) is 10.1. The van der Waals surface area contributed by atoms with Gasteiger partial charge in [0.1, 0.15) is 6.10 Å². The molecular formula is C23H44O5. The minimum Gasteiger partial charge on any atom is -0.396 e. The third-order valence-corrected chi connectivity index (χ3v) is 4.00. The Morgan fingerprint density at radius 3 is 1.64 bits per heavy atom. The Labute approximate surface area is 172 Å². The second kappa shape index (κ2) is 26.0. The molecule has 1 aromatic carbocycles. The highest BCUT2D eigenvalue weighted by atomic mass is 16.5. The van der Waals surface area contributed by atoms with Crippen LogP contribution in [-0.2, 0) is 11.3 Å². The van der Waals surface area contributed by atoms with Crippen LogP contribution in [0.25, 0.3) is 0 Å². The van der Waals surface area contributed by atoms with Crippen molar-refractivity contribution in [2.45, 2.75) is 84.3 Å². The lowest BCUT2D eigenvalue weighted by Gasteiger charge is -1.99. The Morgan fingerprint density at radius 2 is 1.25 bits per heavy atom. The molecule has 0 heterocycles. The van der Waals surface area contributed by atoms with Gasteiger partial charge in [-0.1, -0.05) is 88.6 Å². The van der Waals surface area contributed by atoms with E-state index >= 15 is 0 Å². The lowest BCUT2D eigenvalue weighted by Crippen LogP contribution is -2.15. The maximum absolute atomic E-state index is 8.54. The van der Waals surface area contributed by atoms with Crippen molar-refractivity contribution in [1.29, 1.82) is 0 Å². The molecule has 0 saturated heterocycles. The molecule has 0 amide bonds. The predicted octanol–water partition coefficient (Wildman–Crippen LogP) is 4.06. The smallest absolute Gasteiger partial charge is 0.100 e. The van der Waals surface area contributed by atoms with Crippen LogP contribution in [0.2, 0.25) is 0 Å². The van der Waals surface area contributed by atoms with Crippen LogP contribution < -0.4 is 0 Å². The first-order valence-corrected chi connectivity index (χ1v) is 10.8. The number of unbranched alkanes of at least 4 members (excludes halogenated alkanes) is 8. The molecule has 0 bridgehead atoms. The molecule has 0 spiro atoms. The number of rotatable bonds is 14. The quantitative estimate of drug-likeness (QED) is 0.354. The van der Waals surface area contributed by atoms with Crippen molar-refractivity contribution < 1.29 is 25.2 Å². The SMILES string of the molecule is CCCCCCCCCCCO.CCOCc1ccccc1.OCC(O)CO. The molecule has 5 nitrogen and oxygen atoms in total. The van der Waals surface area contributed by atoms with E-state index in [4.69, 9.17) is 25.2 Å². The van der Waals surface area contributed by atoms with E-state index in [1.807, 2.05) is 25.1 Å². The molecule has 0 saturated carbocycles. The fourth-order valence-electron chi connectivity index (χ4n) is 2.27. The van der Waals surface area contributed by atoms with Crippen LogP contribution in [-0.4, -0.2) is 53.0 Å². The van der Waals surface area contributed by atoms with E-state index in [2.05, 4.69) is 19.1 Å². The van der Waals surface area contributed by atoms with Crippen LogP contribution in [0, 0.1) is 0 Å². The molecule has 28 heavy (non-hydrogen) atoms. The third-order valence-electron chi connectivity index (χ3n) is 4.00. The number of aliphatic hydroxyl groups excluding tert-OH is 4.